The maximum atomic E-state index is 11.1. The van der Waals surface area contributed by atoms with E-state index >= 15 is 0 Å². The van der Waals surface area contributed by atoms with Crippen molar-refractivity contribution in [3.8, 4) is 0 Å². The summed E-state index contributed by atoms with van der Waals surface area (Å²) in [5.74, 6) is 0. The van der Waals surface area contributed by atoms with Crippen LogP contribution in [0.4, 0.5) is 0 Å². The predicted octanol–water partition coefficient (Wildman–Crippen LogP) is 7.41. The van der Waals surface area contributed by atoms with Crippen molar-refractivity contribution < 1.29 is 23.4 Å². The molecule has 1 aromatic rings. The molecule has 1 rings (SSSR count). The zero-order valence-electron chi connectivity index (χ0n) is 23.0. The van der Waals surface area contributed by atoms with Gasteiger partial charge >= 0.3 is 0 Å². The van der Waals surface area contributed by atoms with Crippen LogP contribution in [0.1, 0.15) is 115 Å². The Morgan fingerprint density at radius 1 is 0.743 bits per heavy atom. The van der Waals surface area contributed by atoms with Gasteiger partial charge in [0.25, 0.3) is 7.82 Å². The monoisotopic (exact) mass is 511 g/mol. The number of aryl methyl sites for hydroxylation is 1. The van der Waals surface area contributed by atoms with E-state index in [0.29, 0.717) is 17.4 Å². The number of hydrogen-bond donors (Lipinski definition) is 1. The second-order valence-electron chi connectivity index (χ2n) is 11.3. The Bertz CT molecular complexity index is 656. The molecule has 0 spiro atoms. The van der Waals surface area contributed by atoms with Gasteiger partial charge in [-0.05, 0) is 24.8 Å². The van der Waals surface area contributed by atoms with Gasteiger partial charge in [-0.25, -0.2) is 0 Å². The van der Waals surface area contributed by atoms with E-state index in [9.17, 15) is 9.46 Å². The fraction of sp³-hybridized carbons (Fsp3) is 0.793. The number of likely N-dealkylation sites (N-methyl/N-ethyl adjacent to an activating group) is 1. The molecule has 1 N–H and O–H groups in total. The number of nitrogens with zero attached hydrogens (tertiary/aromatic N) is 1. The van der Waals surface area contributed by atoms with Gasteiger partial charge in [0, 0.05) is 0 Å². The lowest BCUT2D eigenvalue weighted by Gasteiger charge is -2.31. The summed E-state index contributed by atoms with van der Waals surface area (Å²) < 4.78 is 16.6. The van der Waals surface area contributed by atoms with E-state index in [2.05, 4.69) is 30.3 Å². The molecule has 0 aliphatic rings. The summed E-state index contributed by atoms with van der Waals surface area (Å²) in [5, 5.41) is 0. The van der Waals surface area contributed by atoms with E-state index in [1.807, 2.05) is 21.1 Å². The minimum Gasteiger partial charge on any atom is -0.756 e. The molecule has 0 saturated heterocycles. The topological polar surface area (TPSA) is 69.6 Å². The Morgan fingerprint density at radius 2 is 1.14 bits per heavy atom. The van der Waals surface area contributed by atoms with Gasteiger partial charge in [0.2, 0.25) is 0 Å². The summed E-state index contributed by atoms with van der Waals surface area (Å²) >= 11 is 0. The van der Waals surface area contributed by atoms with Crippen molar-refractivity contribution in [2.75, 3.05) is 27.7 Å². The molecule has 0 aliphatic heterocycles. The first-order valence-electron chi connectivity index (χ1n) is 14.2. The third kappa shape index (κ3) is 22.2. The summed E-state index contributed by atoms with van der Waals surface area (Å²) in [6, 6.07) is 10.8. The van der Waals surface area contributed by atoms with E-state index < -0.39 is 13.9 Å². The third-order valence-corrected chi connectivity index (χ3v) is 7.18. The minimum atomic E-state index is -4.67. The molecular weight excluding hydrogens is 457 g/mol. The first-order valence-corrected chi connectivity index (χ1v) is 15.7. The van der Waals surface area contributed by atoms with Crippen molar-refractivity contribution in [3.05, 3.63) is 35.9 Å². The molecule has 0 fully saturated rings. The Hall–Kier alpha value is -0.710. The number of phosphoric acid groups is 1. The molecule has 0 aromatic heterocycles. The lowest BCUT2D eigenvalue weighted by Crippen LogP contribution is -2.42. The van der Waals surface area contributed by atoms with Gasteiger partial charge in [-0.2, -0.15) is 0 Å². The van der Waals surface area contributed by atoms with Crippen molar-refractivity contribution >= 4 is 7.82 Å². The van der Waals surface area contributed by atoms with E-state index in [1.165, 1.54) is 102 Å². The highest BCUT2D eigenvalue weighted by atomic mass is 31.2. The fourth-order valence-electron chi connectivity index (χ4n) is 4.80. The molecule has 35 heavy (non-hydrogen) atoms. The highest BCUT2D eigenvalue weighted by molar-refractivity contribution is 7.44. The van der Waals surface area contributed by atoms with Crippen LogP contribution in [-0.2, 0) is 15.5 Å². The van der Waals surface area contributed by atoms with Crippen LogP contribution in [0.15, 0.2) is 30.3 Å². The molecule has 2 atom stereocenters. The molecule has 6 heteroatoms. The minimum absolute atomic E-state index is 0.442. The van der Waals surface area contributed by atoms with E-state index in [1.54, 1.807) is 0 Å². The van der Waals surface area contributed by atoms with Gasteiger partial charge in [-0.3, -0.25) is 4.57 Å². The van der Waals surface area contributed by atoms with Crippen molar-refractivity contribution in [2.45, 2.75) is 122 Å². The Morgan fingerprint density at radius 3 is 1.54 bits per heavy atom. The second-order valence-corrected chi connectivity index (χ2v) is 12.5. The SMILES string of the molecule is C[N+](C)(C)CC(CCCCCCCCCCCCCCCCCCc1ccccc1)OP(=O)([O-])O. The Balaban J connectivity index is 1.84. The largest absolute Gasteiger partial charge is 0.756 e. The number of hydrogen-bond acceptors (Lipinski definition) is 3. The molecule has 0 amide bonds. The first-order chi connectivity index (χ1) is 16.7. The van der Waals surface area contributed by atoms with Crippen LogP contribution >= 0.6 is 7.82 Å². The van der Waals surface area contributed by atoms with E-state index in [-0.39, 0.29) is 0 Å². The van der Waals surface area contributed by atoms with Gasteiger partial charge in [-0.1, -0.05) is 127 Å². The maximum absolute atomic E-state index is 11.1. The van der Waals surface area contributed by atoms with Gasteiger partial charge in [0.15, 0.2) is 0 Å². The van der Waals surface area contributed by atoms with Crippen molar-refractivity contribution in [1.82, 2.24) is 0 Å². The zero-order valence-corrected chi connectivity index (χ0v) is 23.9. The quantitative estimate of drug-likeness (QED) is 0.0943. The number of benzene rings is 1. The van der Waals surface area contributed by atoms with Gasteiger partial charge in [0.1, 0.15) is 12.6 Å². The molecule has 5 nitrogen and oxygen atoms in total. The molecule has 0 bridgehead atoms. The van der Waals surface area contributed by atoms with E-state index in [0.717, 1.165) is 12.8 Å². The lowest BCUT2D eigenvalue weighted by atomic mass is 10.0. The average molecular weight is 512 g/mol. The molecular formula is C29H54NO4P. The molecule has 0 saturated carbocycles. The summed E-state index contributed by atoms with van der Waals surface area (Å²) in [5.41, 5.74) is 1.47. The Labute approximate surface area is 216 Å². The van der Waals surface area contributed by atoms with Gasteiger partial charge in [0.05, 0.1) is 21.1 Å². The summed E-state index contributed by atoms with van der Waals surface area (Å²) in [7, 11) is 1.33. The number of rotatable bonds is 23. The fourth-order valence-corrected chi connectivity index (χ4v) is 5.35. The van der Waals surface area contributed by atoms with E-state index in [4.69, 9.17) is 9.42 Å². The van der Waals surface area contributed by atoms with Crippen molar-refractivity contribution in [1.29, 1.82) is 0 Å². The highest BCUT2D eigenvalue weighted by Gasteiger charge is 2.22. The predicted molar refractivity (Wildman–Crippen MR) is 146 cm³/mol. The standard InChI is InChI=1S/C29H54NO4P/c1-30(2,3)27-29(34-35(31,32)33)26-22-17-15-13-11-9-7-5-4-6-8-10-12-14-16-19-23-28-24-20-18-21-25-28/h18,20-21,24-25,29H,4-17,19,22-23,26-27H2,1-3H3,(H-,31,32,33). The van der Waals surface area contributed by atoms with Crippen LogP contribution in [0, 0.1) is 0 Å². The molecule has 2 unspecified atom stereocenters. The molecule has 0 radical (unpaired) electrons. The van der Waals surface area contributed by atoms with Crippen LogP contribution in [0.3, 0.4) is 0 Å². The van der Waals surface area contributed by atoms with Crippen LogP contribution in [0.5, 0.6) is 0 Å². The maximum Gasteiger partial charge on any atom is 0.265 e. The summed E-state index contributed by atoms with van der Waals surface area (Å²) in [6.07, 6.45) is 22.4. The van der Waals surface area contributed by atoms with Crippen molar-refractivity contribution in [2.24, 2.45) is 0 Å². The number of unbranched alkanes of at least 4 members (excludes halogenated alkanes) is 15. The Kier molecular flexibility index (Phi) is 17.9. The molecule has 0 aliphatic carbocycles. The zero-order chi connectivity index (χ0) is 25.8. The summed E-state index contributed by atoms with van der Waals surface area (Å²) in [4.78, 5) is 20.1. The van der Waals surface area contributed by atoms with Crippen LogP contribution in [0.2, 0.25) is 0 Å². The molecule has 1 aromatic carbocycles. The molecule has 204 valence electrons. The van der Waals surface area contributed by atoms with Crippen molar-refractivity contribution in [3.63, 3.8) is 0 Å². The van der Waals surface area contributed by atoms with Crippen LogP contribution in [-0.4, -0.2) is 43.2 Å². The first kappa shape index (κ1) is 32.3. The smallest absolute Gasteiger partial charge is 0.265 e. The molecule has 0 heterocycles. The lowest BCUT2D eigenvalue weighted by molar-refractivity contribution is -0.873. The van der Waals surface area contributed by atoms with Crippen LogP contribution < -0.4 is 4.89 Å². The highest BCUT2D eigenvalue weighted by Crippen LogP contribution is 2.34. The van der Waals surface area contributed by atoms with Crippen LogP contribution in [0.25, 0.3) is 0 Å². The average Bonchev–Trinajstić information content (AvgIpc) is 2.76. The third-order valence-electron chi connectivity index (χ3n) is 6.62. The second kappa shape index (κ2) is 19.4. The van der Waals surface area contributed by atoms with Gasteiger partial charge in [-0.15, -0.1) is 0 Å². The number of phosphoric ester groups is 1. The van der Waals surface area contributed by atoms with Gasteiger partial charge < -0.3 is 18.8 Å². The normalized spacial score (nSPS) is 14.7. The number of quaternary nitrogens is 1. The summed E-state index contributed by atoms with van der Waals surface area (Å²) in [6.45, 7) is 0.571.